The number of rotatable bonds is 7. The molecule has 3 N–H and O–H groups in total. The Morgan fingerprint density at radius 3 is 2.60 bits per heavy atom. The molecule has 0 heterocycles. The average molecular weight is 277 g/mol. The highest BCUT2D eigenvalue weighted by Gasteiger charge is 2.23. The lowest BCUT2D eigenvalue weighted by molar-refractivity contribution is -0.121. The largest absolute Gasteiger partial charge is 0.326 e. The SMILES string of the molecule is CCC(C)N(CC)C(C)C(=O)Nc1cccc(CN)c1. The Kier molecular flexibility index (Phi) is 6.68. The molecule has 1 aromatic rings. The zero-order valence-electron chi connectivity index (χ0n) is 13.0. The van der Waals surface area contributed by atoms with Gasteiger partial charge in [0.2, 0.25) is 5.91 Å². The molecule has 1 aromatic carbocycles. The summed E-state index contributed by atoms with van der Waals surface area (Å²) < 4.78 is 0. The number of hydrogen-bond donors (Lipinski definition) is 2. The van der Waals surface area contributed by atoms with Crippen LogP contribution >= 0.6 is 0 Å². The molecular formula is C16H27N3O. The van der Waals surface area contributed by atoms with Gasteiger partial charge >= 0.3 is 0 Å². The maximum Gasteiger partial charge on any atom is 0.241 e. The van der Waals surface area contributed by atoms with Crippen LogP contribution in [0.4, 0.5) is 5.69 Å². The van der Waals surface area contributed by atoms with Crippen LogP contribution in [0.2, 0.25) is 0 Å². The van der Waals surface area contributed by atoms with Crippen molar-refractivity contribution in [3.05, 3.63) is 29.8 Å². The van der Waals surface area contributed by atoms with Gasteiger partial charge in [-0.2, -0.15) is 0 Å². The number of carbonyl (C=O) groups is 1. The van der Waals surface area contributed by atoms with E-state index in [1.807, 2.05) is 31.2 Å². The van der Waals surface area contributed by atoms with Gasteiger partial charge in [0.1, 0.15) is 0 Å². The highest BCUT2D eigenvalue weighted by molar-refractivity contribution is 5.94. The van der Waals surface area contributed by atoms with E-state index in [4.69, 9.17) is 5.73 Å². The van der Waals surface area contributed by atoms with E-state index in [-0.39, 0.29) is 11.9 Å². The molecular weight excluding hydrogens is 250 g/mol. The van der Waals surface area contributed by atoms with E-state index in [0.29, 0.717) is 12.6 Å². The second-order valence-corrected chi connectivity index (χ2v) is 5.16. The average Bonchev–Trinajstić information content (AvgIpc) is 2.47. The van der Waals surface area contributed by atoms with Crippen LogP contribution in [0.5, 0.6) is 0 Å². The van der Waals surface area contributed by atoms with Crippen LogP contribution in [0.1, 0.15) is 39.7 Å². The zero-order chi connectivity index (χ0) is 15.1. The van der Waals surface area contributed by atoms with Crippen molar-refractivity contribution in [1.82, 2.24) is 4.90 Å². The molecule has 0 aliphatic heterocycles. The fourth-order valence-corrected chi connectivity index (χ4v) is 2.38. The van der Waals surface area contributed by atoms with Crippen LogP contribution in [0.15, 0.2) is 24.3 Å². The molecule has 0 aromatic heterocycles. The molecule has 0 aliphatic carbocycles. The standard InChI is InChI=1S/C16H27N3O/c1-5-12(3)19(6-2)13(4)16(20)18-15-9-7-8-14(10-15)11-17/h7-10,12-13H,5-6,11,17H2,1-4H3,(H,18,20). The number of hydrogen-bond acceptors (Lipinski definition) is 3. The minimum atomic E-state index is -0.142. The number of likely N-dealkylation sites (N-methyl/N-ethyl adjacent to an activating group) is 1. The highest BCUT2D eigenvalue weighted by atomic mass is 16.2. The van der Waals surface area contributed by atoms with E-state index in [9.17, 15) is 4.79 Å². The van der Waals surface area contributed by atoms with Crippen molar-refractivity contribution in [3.63, 3.8) is 0 Å². The summed E-state index contributed by atoms with van der Waals surface area (Å²) in [6, 6.07) is 7.94. The van der Waals surface area contributed by atoms with Crippen molar-refractivity contribution in [2.24, 2.45) is 5.73 Å². The minimum Gasteiger partial charge on any atom is -0.326 e. The van der Waals surface area contributed by atoms with Crippen LogP contribution in [-0.4, -0.2) is 29.4 Å². The molecule has 4 heteroatoms. The van der Waals surface area contributed by atoms with Gasteiger partial charge < -0.3 is 11.1 Å². The maximum absolute atomic E-state index is 12.3. The summed E-state index contributed by atoms with van der Waals surface area (Å²) in [6.07, 6.45) is 1.04. The molecule has 1 amide bonds. The Morgan fingerprint density at radius 1 is 1.35 bits per heavy atom. The van der Waals surface area contributed by atoms with Crippen LogP contribution in [-0.2, 0) is 11.3 Å². The number of amides is 1. The normalized spacial score (nSPS) is 14.1. The molecule has 4 nitrogen and oxygen atoms in total. The molecule has 1 rings (SSSR count). The maximum atomic E-state index is 12.3. The van der Waals surface area contributed by atoms with Crippen molar-refractivity contribution < 1.29 is 4.79 Å². The minimum absolute atomic E-state index is 0.0290. The fraction of sp³-hybridized carbons (Fsp3) is 0.562. The third-order valence-electron chi connectivity index (χ3n) is 3.83. The Balaban J connectivity index is 2.73. The first-order chi connectivity index (χ1) is 9.53. The second kappa shape index (κ2) is 8.02. The van der Waals surface area contributed by atoms with Gasteiger partial charge in [-0.1, -0.05) is 26.0 Å². The van der Waals surface area contributed by atoms with E-state index in [0.717, 1.165) is 24.2 Å². The van der Waals surface area contributed by atoms with Crippen molar-refractivity contribution in [3.8, 4) is 0 Å². The molecule has 0 bridgehead atoms. The van der Waals surface area contributed by atoms with Crippen LogP contribution in [0.3, 0.4) is 0 Å². The van der Waals surface area contributed by atoms with Crippen LogP contribution in [0.25, 0.3) is 0 Å². The quantitative estimate of drug-likeness (QED) is 0.805. The van der Waals surface area contributed by atoms with Crippen molar-refractivity contribution >= 4 is 11.6 Å². The lowest BCUT2D eigenvalue weighted by Gasteiger charge is -2.32. The summed E-state index contributed by atoms with van der Waals surface area (Å²) in [5, 5.41) is 2.97. The molecule has 0 spiro atoms. The van der Waals surface area contributed by atoms with Gasteiger partial charge in [0, 0.05) is 18.3 Å². The monoisotopic (exact) mass is 277 g/mol. The van der Waals surface area contributed by atoms with E-state index < -0.39 is 0 Å². The second-order valence-electron chi connectivity index (χ2n) is 5.16. The zero-order valence-corrected chi connectivity index (χ0v) is 13.0. The predicted molar refractivity (Wildman–Crippen MR) is 84.6 cm³/mol. The summed E-state index contributed by atoms with van der Waals surface area (Å²) in [5.74, 6) is 0.0290. The Bertz CT molecular complexity index is 433. The number of nitrogens with two attached hydrogens (primary N) is 1. The molecule has 2 unspecified atom stereocenters. The van der Waals surface area contributed by atoms with E-state index in [2.05, 4.69) is 31.0 Å². The first-order valence-corrected chi connectivity index (χ1v) is 7.39. The molecule has 2 atom stereocenters. The molecule has 0 radical (unpaired) electrons. The van der Waals surface area contributed by atoms with Gasteiger partial charge in [-0.3, -0.25) is 9.69 Å². The van der Waals surface area contributed by atoms with Crippen LogP contribution < -0.4 is 11.1 Å². The third-order valence-corrected chi connectivity index (χ3v) is 3.83. The molecule has 20 heavy (non-hydrogen) atoms. The number of benzene rings is 1. The molecule has 0 aliphatic rings. The number of carbonyl (C=O) groups excluding carboxylic acids is 1. The summed E-state index contributed by atoms with van der Waals surface area (Å²) in [7, 11) is 0. The van der Waals surface area contributed by atoms with Gasteiger partial charge in [0.15, 0.2) is 0 Å². The summed E-state index contributed by atoms with van der Waals surface area (Å²) in [6.45, 7) is 9.69. The van der Waals surface area contributed by atoms with E-state index in [1.165, 1.54) is 0 Å². The highest BCUT2D eigenvalue weighted by Crippen LogP contribution is 2.13. The number of anilines is 1. The molecule has 0 saturated heterocycles. The number of nitrogens with zero attached hydrogens (tertiary/aromatic N) is 1. The Morgan fingerprint density at radius 2 is 2.05 bits per heavy atom. The van der Waals surface area contributed by atoms with E-state index >= 15 is 0 Å². The topological polar surface area (TPSA) is 58.4 Å². The Hall–Kier alpha value is -1.39. The fourth-order valence-electron chi connectivity index (χ4n) is 2.38. The summed E-state index contributed by atoms with van der Waals surface area (Å²) >= 11 is 0. The summed E-state index contributed by atoms with van der Waals surface area (Å²) in [5.41, 5.74) is 7.44. The van der Waals surface area contributed by atoms with Crippen molar-refractivity contribution in [2.45, 2.75) is 52.7 Å². The lowest BCUT2D eigenvalue weighted by Crippen LogP contribution is -2.46. The molecule has 0 fully saturated rings. The van der Waals surface area contributed by atoms with E-state index in [1.54, 1.807) is 0 Å². The van der Waals surface area contributed by atoms with Gasteiger partial charge in [-0.15, -0.1) is 0 Å². The number of nitrogens with one attached hydrogen (secondary N) is 1. The lowest BCUT2D eigenvalue weighted by atomic mass is 10.1. The van der Waals surface area contributed by atoms with Gasteiger partial charge in [0.25, 0.3) is 0 Å². The summed E-state index contributed by atoms with van der Waals surface area (Å²) in [4.78, 5) is 14.6. The Labute approximate surface area is 122 Å². The first kappa shape index (κ1) is 16.7. The van der Waals surface area contributed by atoms with Crippen molar-refractivity contribution in [1.29, 1.82) is 0 Å². The van der Waals surface area contributed by atoms with Gasteiger partial charge in [0.05, 0.1) is 6.04 Å². The molecule has 112 valence electrons. The van der Waals surface area contributed by atoms with Gasteiger partial charge in [-0.25, -0.2) is 0 Å². The van der Waals surface area contributed by atoms with Gasteiger partial charge in [-0.05, 0) is 44.5 Å². The van der Waals surface area contributed by atoms with Crippen molar-refractivity contribution in [2.75, 3.05) is 11.9 Å². The molecule has 0 saturated carbocycles. The first-order valence-electron chi connectivity index (χ1n) is 7.39. The predicted octanol–water partition coefficient (Wildman–Crippen LogP) is 2.59. The third kappa shape index (κ3) is 4.32. The van der Waals surface area contributed by atoms with Crippen LogP contribution in [0, 0.1) is 0 Å². The smallest absolute Gasteiger partial charge is 0.241 e.